The molecule has 1 aromatic carbocycles. The maximum atomic E-state index is 12.9. The van der Waals surface area contributed by atoms with Crippen LogP contribution in [-0.4, -0.2) is 53.4 Å². The molecule has 1 aromatic heterocycles. The number of ether oxygens (including phenoxy) is 1. The van der Waals surface area contributed by atoms with E-state index in [9.17, 15) is 14.0 Å². The van der Waals surface area contributed by atoms with Crippen molar-refractivity contribution in [2.75, 3.05) is 37.7 Å². The highest BCUT2D eigenvalue weighted by atomic mass is 79.9. The molecule has 2 aromatic rings. The van der Waals surface area contributed by atoms with Crippen LogP contribution >= 0.6 is 15.9 Å². The van der Waals surface area contributed by atoms with Gasteiger partial charge in [-0.1, -0.05) is 0 Å². The fourth-order valence-electron chi connectivity index (χ4n) is 2.69. The third-order valence-corrected chi connectivity index (χ3v) is 4.95. The van der Waals surface area contributed by atoms with Gasteiger partial charge in [-0.3, -0.25) is 9.59 Å². The van der Waals surface area contributed by atoms with Gasteiger partial charge >= 0.3 is 0 Å². The summed E-state index contributed by atoms with van der Waals surface area (Å²) in [6, 6.07) is 5.55. The van der Waals surface area contributed by atoms with Gasteiger partial charge in [-0.2, -0.15) is 5.10 Å². The monoisotopic (exact) mass is 424 g/mol. The first-order valence-corrected chi connectivity index (χ1v) is 8.88. The first-order valence-electron chi connectivity index (χ1n) is 8.08. The second-order valence-electron chi connectivity index (χ2n) is 5.88. The molecule has 0 atom stereocenters. The molecule has 1 aliphatic heterocycles. The molecule has 2 heterocycles. The van der Waals surface area contributed by atoms with Gasteiger partial charge in [-0.05, 0) is 40.2 Å². The quantitative estimate of drug-likeness (QED) is 0.741. The van der Waals surface area contributed by atoms with Crippen LogP contribution in [0.1, 0.15) is 0 Å². The molecule has 1 aliphatic rings. The number of anilines is 1. The molecule has 0 aliphatic carbocycles. The standard InChI is InChI=1S/C17H18BrFN4O3/c1-21-17(25)16(18)14(10-20-21)22-6-8-23(9-7-22)15(24)11-26-13-4-2-12(19)3-5-13/h2-5,10H,6-9,11H2,1H3. The maximum Gasteiger partial charge on any atom is 0.282 e. The van der Waals surface area contributed by atoms with E-state index in [-0.39, 0.29) is 23.9 Å². The maximum absolute atomic E-state index is 12.9. The molecule has 1 saturated heterocycles. The smallest absolute Gasteiger partial charge is 0.282 e. The van der Waals surface area contributed by atoms with Crippen molar-refractivity contribution >= 4 is 27.5 Å². The Hall–Kier alpha value is -2.42. The largest absolute Gasteiger partial charge is 0.484 e. The van der Waals surface area contributed by atoms with Crippen LogP contribution in [0.15, 0.2) is 39.7 Å². The van der Waals surface area contributed by atoms with Crippen LogP contribution < -0.4 is 15.2 Å². The highest BCUT2D eigenvalue weighted by Crippen LogP contribution is 2.22. The zero-order chi connectivity index (χ0) is 18.7. The Labute approximate surface area is 158 Å². The molecule has 1 fully saturated rings. The molecule has 26 heavy (non-hydrogen) atoms. The van der Waals surface area contributed by atoms with E-state index < -0.39 is 0 Å². The highest BCUT2D eigenvalue weighted by molar-refractivity contribution is 9.10. The predicted octanol–water partition coefficient (Wildman–Crippen LogP) is 1.41. The Morgan fingerprint density at radius 3 is 2.54 bits per heavy atom. The minimum atomic E-state index is -0.351. The van der Waals surface area contributed by atoms with Gasteiger partial charge in [-0.25, -0.2) is 9.07 Å². The van der Waals surface area contributed by atoms with Gasteiger partial charge in [0.25, 0.3) is 11.5 Å². The summed E-state index contributed by atoms with van der Waals surface area (Å²) in [6.45, 7) is 2.13. The van der Waals surface area contributed by atoms with Crippen LogP contribution in [-0.2, 0) is 11.8 Å². The normalized spacial score (nSPS) is 14.4. The number of halogens is 2. The van der Waals surface area contributed by atoms with Crippen molar-refractivity contribution in [3.05, 3.63) is 51.1 Å². The topological polar surface area (TPSA) is 67.7 Å². The number of hydrogen-bond donors (Lipinski definition) is 0. The molecule has 138 valence electrons. The lowest BCUT2D eigenvalue weighted by Crippen LogP contribution is -2.50. The van der Waals surface area contributed by atoms with Gasteiger partial charge in [0.05, 0.1) is 11.9 Å². The third-order valence-electron chi connectivity index (χ3n) is 4.21. The SMILES string of the molecule is Cn1ncc(N2CCN(C(=O)COc3ccc(F)cc3)CC2)c(Br)c1=O. The summed E-state index contributed by atoms with van der Waals surface area (Å²) in [5.41, 5.74) is 0.525. The average molecular weight is 425 g/mol. The summed E-state index contributed by atoms with van der Waals surface area (Å²) >= 11 is 3.32. The van der Waals surface area contributed by atoms with Crippen molar-refractivity contribution < 1.29 is 13.9 Å². The van der Waals surface area contributed by atoms with Crippen LogP contribution in [0.25, 0.3) is 0 Å². The Balaban J connectivity index is 1.55. The van der Waals surface area contributed by atoms with Gasteiger partial charge in [-0.15, -0.1) is 0 Å². The number of carbonyl (C=O) groups excluding carboxylic acids is 1. The number of rotatable bonds is 4. The van der Waals surface area contributed by atoms with E-state index in [1.807, 2.05) is 4.90 Å². The van der Waals surface area contributed by atoms with E-state index in [1.54, 1.807) is 18.1 Å². The molecule has 1 amide bonds. The number of piperazine rings is 1. The number of aryl methyl sites for hydroxylation is 1. The third kappa shape index (κ3) is 4.04. The van der Waals surface area contributed by atoms with Crippen LogP contribution in [0.5, 0.6) is 5.75 Å². The van der Waals surface area contributed by atoms with Gasteiger partial charge in [0.2, 0.25) is 0 Å². The second-order valence-corrected chi connectivity index (χ2v) is 6.68. The fraction of sp³-hybridized carbons (Fsp3) is 0.353. The number of hydrogen-bond acceptors (Lipinski definition) is 5. The van der Waals surface area contributed by atoms with Crippen molar-refractivity contribution in [2.24, 2.45) is 7.05 Å². The number of benzene rings is 1. The van der Waals surface area contributed by atoms with Crippen molar-refractivity contribution in [3.8, 4) is 5.75 Å². The summed E-state index contributed by atoms with van der Waals surface area (Å²) < 4.78 is 20.0. The fourth-order valence-corrected chi connectivity index (χ4v) is 3.30. The predicted molar refractivity (Wildman–Crippen MR) is 97.9 cm³/mol. The van der Waals surface area contributed by atoms with Gasteiger partial charge in [0.1, 0.15) is 16.0 Å². The zero-order valence-electron chi connectivity index (χ0n) is 14.2. The Bertz CT molecular complexity index is 848. The van der Waals surface area contributed by atoms with Crippen LogP contribution in [0.3, 0.4) is 0 Å². The first-order chi connectivity index (χ1) is 12.5. The van der Waals surface area contributed by atoms with E-state index in [2.05, 4.69) is 21.0 Å². The minimum Gasteiger partial charge on any atom is -0.484 e. The Kier molecular flexibility index (Phi) is 5.55. The van der Waals surface area contributed by atoms with Crippen LogP contribution in [0.4, 0.5) is 10.1 Å². The van der Waals surface area contributed by atoms with E-state index in [0.29, 0.717) is 36.4 Å². The molecule has 0 spiro atoms. The molecule has 3 rings (SSSR count). The van der Waals surface area contributed by atoms with E-state index in [1.165, 1.54) is 28.9 Å². The molecule has 0 radical (unpaired) electrons. The molecule has 9 heteroatoms. The second kappa shape index (κ2) is 7.86. The minimum absolute atomic E-state index is 0.0945. The van der Waals surface area contributed by atoms with E-state index >= 15 is 0 Å². The summed E-state index contributed by atoms with van der Waals surface area (Å²) in [4.78, 5) is 28.0. The van der Waals surface area contributed by atoms with E-state index in [0.717, 1.165) is 5.69 Å². The summed E-state index contributed by atoms with van der Waals surface area (Å²) in [5, 5.41) is 4.04. The highest BCUT2D eigenvalue weighted by Gasteiger charge is 2.23. The lowest BCUT2D eigenvalue weighted by molar-refractivity contribution is -0.133. The van der Waals surface area contributed by atoms with Crippen LogP contribution in [0.2, 0.25) is 0 Å². The van der Waals surface area contributed by atoms with Crippen molar-refractivity contribution in [1.82, 2.24) is 14.7 Å². The molecule has 0 saturated carbocycles. The van der Waals surface area contributed by atoms with E-state index in [4.69, 9.17) is 4.74 Å². The lowest BCUT2D eigenvalue weighted by Gasteiger charge is -2.36. The van der Waals surface area contributed by atoms with Crippen molar-refractivity contribution in [1.29, 1.82) is 0 Å². The molecule has 0 bridgehead atoms. The summed E-state index contributed by atoms with van der Waals surface area (Å²) in [5.74, 6) is -0.0279. The molecule has 7 nitrogen and oxygen atoms in total. The lowest BCUT2D eigenvalue weighted by atomic mass is 10.3. The molecule has 0 unspecified atom stereocenters. The Morgan fingerprint density at radius 2 is 1.88 bits per heavy atom. The average Bonchev–Trinajstić information content (AvgIpc) is 2.66. The first kappa shape index (κ1) is 18.4. The number of nitrogens with zero attached hydrogens (tertiary/aromatic N) is 4. The van der Waals surface area contributed by atoms with Crippen molar-refractivity contribution in [3.63, 3.8) is 0 Å². The number of amides is 1. The zero-order valence-corrected chi connectivity index (χ0v) is 15.8. The molecule has 0 N–H and O–H groups in total. The van der Waals surface area contributed by atoms with Gasteiger partial charge in [0.15, 0.2) is 6.61 Å². The molecular weight excluding hydrogens is 407 g/mol. The van der Waals surface area contributed by atoms with Crippen molar-refractivity contribution in [2.45, 2.75) is 0 Å². The number of aromatic nitrogens is 2. The van der Waals surface area contributed by atoms with Crippen LogP contribution in [0, 0.1) is 5.82 Å². The van der Waals surface area contributed by atoms with Gasteiger partial charge in [0, 0.05) is 33.2 Å². The number of carbonyl (C=O) groups is 1. The summed E-state index contributed by atoms with van der Waals surface area (Å²) in [6.07, 6.45) is 1.64. The Morgan fingerprint density at radius 1 is 1.23 bits per heavy atom. The molecular formula is C17H18BrFN4O3. The van der Waals surface area contributed by atoms with Gasteiger partial charge < -0.3 is 14.5 Å². The summed E-state index contributed by atoms with van der Waals surface area (Å²) in [7, 11) is 1.59.